The number of nitrogens with one attached hydrogen (secondary N) is 2. The van der Waals surface area contributed by atoms with Crippen LogP contribution >= 0.6 is 0 Å². The van der Waals surface area contributed by atoms with Crippen molar-refractivity contribution < 1.29 is 4.79 Å². The Kier molecular flexibility index (Phi) is 6.04. The third kappa shape index (κ3) is 4.26. The minimum absolute atomic E-state index is 0.0477. The molecule has 9 heteroatoms. The Morgan fingerprint density at radius 1 is 1.18 bits per heavy atom. The van der Waals surface area contributed by atoms with Crippen LogP contribution < -0.4 is 4.90 Å². The molecular weight excluding hydrogens is 416 g/mol. The van der Waals surface area contributed by atoms with Gasteiger partial charge < -0.3 is 4.90 Å². The van der Waals surface area contributed by atoms with Crippen LogP contribution in [-0.4, -0.2) is 55.3 Å². The molecule has 0 saturated heterocycles. The Bertz CT molecular complexity index is 1210. The van der Waals surface area contributed by atoms with Gasteiger partial charge >= 0.3 is 0 Å². The summed E-state index contributed by atoms with van der Waals surface area (Å²) in [7, 11) is 0. The SMILES string of the molecule is CC(C)N(C=N)C(=N)c1cccc(N2CCc3ncc(-c4cnn(C(C)C)c4)cc3C2=O)n1. The lowest BCUT2D eigenvalue weighted by Crippen LogP contribution is -2.39. The van der Waals surface area contributed by atoms with E-state index in [1.807, 2.05) is 30.8 Å². The molecule has 0 radical (unpaired) electrons. The van der Waals surface area contributed by atoms with Crippen molar-refractivity contribution >= 4 is 23.9 Å². The van der Waals surface area contributed by atoms with Gasteiger partial charge in [0.05, 0.1) is 23.8 Å². The molecule has 33 heavy (non-hydrogen) atoms. The first-order valence-electron chi connectivity index (χ1n) is 11.0. The largest absolute Gasteiger partial charge is 0.314 e. The van der Waals surface area contributed by atoms with E-state index in [0.29, 0.717) is 30.0 Å². The highest BCUT2D eigenvalue weighted by Crippen LogP contribution is 2.27. The monoisotopic (exact) mass is 444 g/mol. The van der Waals surface area contributed by atoms with Gasteiger partial charge in [-0.2, -0.15) is 5.10 Å². The van der Waals surface area contributed by atoms with E-state index in [1.54, 1.807) is 35.5 Å². The Hall–Kier alpha value is -3.88. The summed E-state index contributed by atoms with van der Waals surface area (Å²) in [5.41, 5.74) is 3.50. The molecule has 0 bridgehead atoms. The number of fused-ring (bicyclic) bond motifs is 1. The van der Waals surface area contributed by atoms with Crippen LogP contribution in [0.2, 0.25) is 0 Å². The van der Waals surface area contributed by atoms with Crippen LogP contribution in [0, 0.1) is 10.8 Å². The summed E-state index contributed by atoms with van der Waals surface area (Å²) in [6, 6.07) is 7.35. The van der Waals surface area contributed by atoms with E-state index in [-0.39, 0.29) is 23.8 Å². The number of pyridine rings is 2. The van der Waals surface area contributed by atoms with Crippen LogP contribution in [-0.2, 0) is 6.42 Å². The van der Waals surface area contributed by atoms with Gasteiger partial charge in [0.25, 0.3) is 5.91 Å². The van der Waals surface area contributed by atoms with Crippen molar-refractivity contribution in [2.24, 2.45) is 0 Å². The predicted octanol–water partition coefficient (Wildman–Crippen LogP) is 3.77. The van der Waals surface area contributed by atoms with Gasteiger partial charge in [-0.05, 0) is 45.9 Å². The minimum Gasteiger partial charge on any atom is -0.314 e. The van der Waals surface area contributed by atoms with E-state index < -0.39 is 0 Å². The first kappa shape index (κ1) is 22.3. The Labute approximate surface area is 193 Å². The predicted molar refractivity (Wildman–Crippen MR) is 128 cm³/mol. The highest BCUT2D eigenvalue weighted by atomic mass is 16.2. The maximum absolute atomic E-state index is 13.4. The van der Waals surface area contributed by atoms with E-state index in [0.717, 1.165) is 23.2 Å². The Morgan fingerprint density at radius 3 is 2.64 bits per heavy atom. The molecule has 0 fully saturated rings. The summed E-state index contributed by atoms with van der Waals surface area (Å²) >= 11 is 0. The second-order valence-corrected chi connectivity index (χ2v) is 8.59. The van der Waals surface area contributed by atoms with Crippen LogP contribution in [0.5, 0.6) is 0 Å². The summed E-state index contributed by atoms with van der Waals surface area (Å²) < 4.78 is 1.88. The van der Waals surface area contributed by atoms with Crippen LogP contribution in [0.25, 0.3) is 11.1 Å². The maximum atomic E-state index is 13.4. The van der Waals surface area contributed by atoms with Crippen LogP contribution in [0.4, 0.5) is 5.82 Å². The van der Waals surface area contributed by atoms with Crippen molar-refractivity contribution in [3.63, 3.8) is 0 Å². The van der Waals surface area contributed by atoms with Crippen LogP contribution in [0.3, 0.4) is 0 Å². The van der Waals surface area contributed by atoms with E-state index in [1.165, 1.54) is 4.90 Å². The van der Waals surface area contributed by atoms with Gasteiger partial charge in [0.1, 0.15) is 11.5 Å². The zero-order valence-electron chi connectivity index (χ0n) is 19.3. The molecule has 0 atom stereocenters. The summed E-state index contributed by atoms with van der Waals surface area (Å²) in [6.45, 7) is 8.40. The van der Waals surface area contributed by atoms with E-state index in [4.69, 9.17) is 10.8 Å². The number of rotatable bonds is 6. The fourth-order valence-electron chi connectivity index (χ4n) is 3.80. The molecule has 4 rings (SSSR count). The van der Waals surface area contributed by atoms with Crippen molar-refractivity contribution in [1.29, 1.82) is 10.8 Å². The fourth-order valence-corrected chi connectivity index (χ4v) is 3.80. The first-order chi connectivity index (χ1) is 15.8. The summed E-state index contributed by atoms with van der Waals surface area (Å²) in [5, 5.41) is 20.4. The molecule has 0 unspecified atom stereocenters. The molecule has 1 aliphatic rings. The first-order valence-corrected chi connectivity index (χ1v) is 11.0. The molecule has 170 valence electrons. The van der Waals surface area contributed by atoms with Crippen molar-refractivity contribution in [3.05, 3.63) is 59.8 Å². The molecule has 9 nitrogen and oxygen atoms in total. The molecule has 0 aliphatic carbocycles. The summed E-state index contributed by atoms with van der Waals surface area (Å²) in [4.78, 5) is 25.7. The number of aromatic nitrogens is 4. The van der Waals surface area contributed by atoms with Gasteiger partial charge in [0.2, 0.25) is 0 Å². The van der Waals surface area contributed by atoms with Gasteiger partial charge in [-0.3, -0.25) is 30.2 Å². The number of hydrogen-bond donors (Lipinski definition) is 2. The number of amidine groups is 1. The molecular formula is C24H28N8O. The highest BCUT2D eigenvalue weighted by Gasteiger charge is 2.28. The number of nitrogens with zero attached hydrogens (tertiary/aromatic N) is 6. The smallest absolute Gasteiger partial charge is 0.261 e. The average molecular weight is 445 g/mol. The van der Waals surface area contributed by atoms with Crippen LogP contribution in [0.15, 0.2) is 42.9 Å². The quantitative estimate of drug-likeness (QED) is 0.444. The molecule has 0 spiro atoms. The number of anilines is 1. The molecule has 0 aromatic carbocycles. The lowest BCUT2D eigenvalue weighted by atomic mass is 10.0. The number of amides is 1. The molecule has 1 amide bonds. The highest BCUT2D eigenvalue weighted by molar-refractivity contribution is 6.08. The lowest BCUT2D eigenvalue weighted by molar-refractivity contribution is 0.0979. The molecule has 4 heterocycles. The summed E-state index contributed by atoms with van der Waals surface area (Å²) in [5.74, 6) is 0.447. The van der Waals surface area contributed by atoms with Crippen molar-refractivity contribution in [2.75, 3.05) is 11.4 Å². The maximum Gasteiger partial charge on any atom is 0.261 e. The van der Waals surface area contributed by atoms with Gasteiger partial charge in [-0.15, -0.1) is 0 Å². The van der Waals surface area contributed by atoms with E-state index in [9.17, 15) is 4.79 Å². The molecule has 1 aliphatic heterocycles. The standard InChI is InChI=1S/C24H28N8O/c1-15(2)31(14-25)23(26)21-6-5-7-22(29-21)30-9-8-20-19(24(30)33)10-17(11-27-20)18-12-28-32(13-18)16(3)4/h5-7,10-16,25-26H,8-9H2,1-4H3. The van der Waals surface area contributed by atoms with Crippen LogP contribution in [0.1, 0.15) is 55.5 Å². The third-order valence-corrected chi connectivity index (χ3v) is 5.69. The normalized spacial score (nSPS) is 13.4. The van der Waals surface area contributed by atoms with Crippen molar-refractivity contribution in [1.82, 2.24) is 24.6 Å². The molecule has 3 aromatic heterocycles. The average Bonchev–Trinajstić information content (AvgIpc) is 3.30. The van der Waals surface area contributed by atoms with Gasteiger partial charge in [0.15, 0.2) is 5.84 Å². The topological polar surface area (TPSA) is 115 Å². The zero-order valence-corrected chi connectivity index (χ0v) is 19.3. The molecule has 3 aromatic rings. The van der Waals surface area contributed by atoms with Crippen molar-refractivity contribution in [3.8, 4) is 11.1 Å². The second kappa shape index (κ2) is 8.93. The molecule has 0 saturated carbocycles. The number of carbonyl (C=O) groups is 1. The second-order valence-electron chi connectivity index (χ2n) is 8.59. The van der Waals surface area contributed by atoms with E-state index >= 15 is 0 Å². The summed E-state index contributed by atoms with van der Waals surface area (Å²) in [6.07, 6.45) is 7.28. The Balaban J connectivity index is 1.64. The Morgan fingerprint density at radius 2 is 1.97 bits per heavy atom. The third-order valence-electron chi connectivity index (χ3n) is 5.69. The van der Waals surface area contributed by atoms with Crippen molar-refractivity contribution in [2.45, 2.75) is 46.2 Å². The fraction of sp³-hybridized carbons (Fsp3) is 0.333. The lowest BCUT2D eigenvalue weighted by Gasteiger charge is -2.28. The minimum atomic E-state index is -0.161. The van der Waals surface area contributed by atoms with Gasteiger partial charge in [-0.1, -0.05) is 6.07 Å². The zero-order chi connectivity index (χ0) is 23.7. The molecule has 2 N–H and O–H groups in total. The van der Waals surface area contributed by atoms with E-state index in [2.05, 4.69) is 28.9 Å². The van der Waals surface area contributed by atoms with Gasteiger partial charge in [0, 0.05) is 48.6 Å². The van der Waals surface area contributed by atoms with Gasteiger partial charge in [-0.25, -0.2) is 4.98 Å². The number of hydrogen-bond acceptors (Lipinski definition) is 6. The number of carbonyl (C=O) groups excluding carboxylic acids is 1.